The molecule has 1 heterocycles. The number of hydrogen-bond donors (Lipinski definition) is 0. The van der Waals surface area contributed by atoms with Crippen molar-refractivity contribution in [3.05, 3.63) is 48.3 Å². The number of amides is 1. The molecule has 5 nitrogen and oxygen atoms in total. The minimum Gasteiger partial charge on any atom is -0.339 e. The number of hydrogen-bond acceptors (Lipinski definition) is 4. The van der Waals surface area contributed by atoms with Crippen LogP contribution in [-0.2, 0) is 0 Å². The monoisotopic (exact) mass is 326 g/mol. The van der Waals surface area contributed by atoms with Crippen molar-refractivity contribution in [3.63, 3.8) is 0 Å². The van der Waals surface area contributed by atoms with E-state index in [1.165, 1.54) is 0 Å². The molecule has 0 bridgehead atoms. The Morgan fingerprint density at radius 3 is 2.04 bits per heavy atom. The third-order valence-corrected chi connectivity index (χ3v) is 3.78. The van der Waals surface area contributed by atoms with Crippen molar-refractivity contribution >= 4 is 17.5 Å². The van der Waals surface area contributed by atoms with E-state index in [1.54, 1.807) is 12.4 Å². The molecule has 1 aromatic carbocycles. The lowest BCUT2D eigenvalue weighted by molar-refractivity contribution is 0.0754. The van der Waals surface area contributed by atoms with E-state index in [2.05, 4.69) is 30.7 Å². The normalized spacial score (nSPS) is 10.5. The highest BCUT2D eigenvalue weighted by atomic mass is 16.2. The lowest BCUT2D eigenvalue weighted by Crippen LogP contribution is -2.32. The molecule has 1 amide bonds. The van der Waals surface area contributed by atoms with E-state index in [4.69, 9.17) is 0 Å². The van der Waals surface area contributed by atoms with Crippen molar-refractivity contribution in [2.24, 2.45) is 0 Å². The fourth-order valence-electron chi connectivity index (χ4n) is 2.66. The van der Waals surface area contributed by atoms with Crippen LogP contribution >= 0.6 is 0 Å². The van der Waals surface area contributed by atoms with E-state index in [9.17, 15) is 4.79 Å². The number of anilines is 2. The fourth-order valence-corrected chi connectivity index (χ4v) is 2.66. The molecule has 0 atom stereocenters. The van der Waals surface area contributed by atoms with Crippen LogP contribution in [0.1, 0.15) is 44.0 Å². The third kappa shape index (κ3) is 4.31. The third-order valence-electron chi connectivity index (χ3n) is 3.78. The second-order valence-electron chi connectivity index (χ2n) is 5.64. The van der Waals surface area contributed by atoms with Gasteiger partial charge in [0.1, 0.15) is 0 Å². The van der Waals surface area contributed by atoms with Gasteiger partial charge >= 0.3 is 0 Å². The van der Waals surface area contributed by atoms with Crippen LogP contribution in [0.3, 0.4) is 0 Å². The summed E-state index contributed by atoms with van der Waals surface area (Å²) in [7, 11) is 0. The van der Waals surface area contributed by atoms with E-state index in [0.717, 1.165) is 38.2 Å². The summed E-state index contributed by atoms with van der Waals surface area (Å²) in [6.07, 6.45) is 5.16. The maximum atomic E-state index is 12.6. The Labute approximate surface area is 144 Å². The van der Waals surface area contributed by atoms with Gasteiger partial charge in [0.25, 0.3) is 5.91 Å². The average Bonchev–Trinajstić information content (AvgIpc) is 2.63. The first-order chi connectivity index (χ1) is 11.7. The number of aromatic nitrogens is 2. The van der Waals surface area contributed by atoms with Crippen LogP contribution in [0.2, 0.25) is 0 Å². The molecule has 0 aliphatic heterocycles. The van der Waals surface area contributed by atoms with Crippen molar-refractivity contribution < 1.29 is 4.79 Å². The predicted molar refractivity (Wildman–Crippen MR) is 97.6 cm³/mol. The van der Waals surface area contributed by atoms with Gasteiger partial charge in [0, 0.05) is 37.7 Å². The number of benzene rings is 1. The highest BCUT2D eigenvalue weighted by Gasteiger charge is 2.16. The van der Waals surface area contributed by atoms with Gasteiger partial charge in [-0.25, -0.2) is 9.97 Å². The summed E-state index contributed by atoms with van der Waals surface area (Å²) in [4.78, 5) is 25.3. The maximum absolute atomic E-state index is 12.6. The van der Waals surface area contributed by atoms with E-state index in [0.29, 0.717) is 11.5 Å². The predicted octanol–water partition coefficient (Wildman–Crippen LogP) is 3.90. The minimum absolute atomic E-state index is 0.00742. The largest absolute Gasteiger partial charge is 0.339 e. The van der Waals surface area contributed by atoms with Gasteiger partial charge in [-0.1, -0.05) is 32.0 Å². The Bertz CT molecular complexity index is 622. The molecule has 0 aliphatic carbocycles. The molecule has 24 heavy (non-hydrogen) atoms. The van der Waals surface area contributed by atoms with Crippen LogP contribution in [0.15, 0.2) is 42.7 Å². The smallest absolute Gasteiger partial charge is 0.256 e. The second kappa shape index (κ2) is 9.01. The highest BCUT2D eigenvalue weighted by Crippen LogP contribution is 2.21. The summed E-state index contributed by atoms with van der Waals surface area (Å²) in [5.74, 6) is 0.616. The Morgan fingerprint density at radius 1 is 0.958 bits per heavy atom. The zero-order valence-electron chi connectivity index (χ0n) is 14.8. The Hall–Kier alpha value is -2.43. The summed E-state index contributed by atoms with van der Waals surface area (Å²) in [5.41, 5.74) is 1.59. The molecule has 2 aromatic rings. The van der Waals surface area contributed by atoms with E-state index < -0.39 is 0 Å². The molecular formula is C19H26N4O. The topological polar surface area (TPSA) is 49.3 Å². The first-order valence-corrected chi connectivity index (χ1v) is 8.65. The number of carbonyl (C=O) groups excluding carboxylic acids is 1. The number of rotatable bonds is 8. The molecule has 0 N–H and O–H groups in total. The molecule has 0 aliphatic rings. The second-order valence-corrected chi connectivity index (χ2v) is 5.64. The Morgan fingerprint density at radius 2 is 1.54 bits per heavy atom. The van der Waals surface area contributed by atoms with Crippen molar-refractivity contribution in [2.75, 3.05) is 24.5 Å². The maximum Gasteiger partial charge on any atom is 0.256 e. The molecule has 0 fully saturated rings. The molecular weight excluding hydrogens is 300 g/mol. The standard InChI is InChI=1S/C19H26N4O/c1-4-12-22(13-5-2)18(24)16-14-20-19(21-15-16)23(6-3)17-10-8-7-9-11-17/h7-11,14-15H,4-6,12-13H2,1-3H3. The quantitative estimate of drug-likeness (QED) is 0.738. The summed E-state index contributed by atoms with van der Waals surface area (Å²) in [5, 5.41) is 0. The van der Waals surface area contributed by atoms with Gasteiger partial charge in [-0.3, -0.25) is 4.79 Å². The van der Waals surface area contributed by atoms with Crippen molar-refractivity contribution in [1.29, 1.82) is 0 Å². The molecule has 128 valence electrons. The van der Waals surface area contributed by atoms with Gasteiger partial charge in [0.05, 0.1) is 5.56 Å². The zero-order chi connectivity index (χ0) is 17.4. The van der Waals surface area contributed by atoms with E-state index in [-0.39, 0.29) is 5.91 Å². The van der Waals surface area contributed by atoms with Crippen molar-refractivity contribution in [1.82, 2.24) is 14.9 Å². The van der Waals surface area contributed by atoms with Gasteiger partial charge in [-0.05, 0) is 31.9 Å². The van der Waals surface area contributed by atoms with Crippen LogP contribution in [0.4, 0.5) is 11.6 Å². The van der Waals surface area contributed by atoms with Gasteiger partial charge in [-0.2, -0.15) is 0 Å². The lowest BCUT2D eigenvalue weighted by atomic mass is 10.2. The SMILES string of the molecule is CCCN(CCC)C(=O)c1cnc(N(CC)c2ccccc2)nc1. The summed E-state index contributed by atoms with van der Waals surface area (Å²) in [6, 6.07) is 10.0. The minimum atomic E-state index is 0.00742. The van der Waals surface area contributed by atoms with Crippen molar-refractivity contribution in [3.8, 4) is 0 Å². The van der Waals surface area contributed by atoms with Crippen LogP contribution in [0.25, 0.3) is 0 Å². The average molecular weight is 326 g/mol. The van der Waals surface area contributed by atoms with Gasteiger partial charge in [0.2, 0.25) is 5.95 Å². The number of carbonyl (C=O) groups is 1. The Balaban J connectivity index is 2.18. The molecule has 0 spiro atoms. The lowest BCUT2D eigenvalue weighted by Gasteiger charge is -2.23. The van der Waals surface area contributed by atoms with Crippen LogP contribution < -0.4 is 4.90 Å². The molecule has 5 heteroatoms. The number of nitrogens with zero attached hydrogens (tertiary/aromatic N) is 4. The van der Waals surface area contributed by atoms with Gasteiger partial charge in [0.15, 0.2) is 0 Å². The molecule has 0 saturated carbocycles. The summed E-state index contributed by atoms with van der Waals surface area (Å²) >= 11 is 0. The zero-order valence-corrected chi connectivity index (χ0v) is 14.8. The highest BCUT2D eigenvalue weighted by molar-refractivity contribution is 5.93. The number of para-hydroxylation sites is 1. The van der Waals surface area contributed by atoms with Crippen LogP contribution in [0.5, 0.6) is 0 Å². The fraction of sp³-hybridized carbons (Fsp3) is 0.421. The molecule has 0 unspecified atom stereocenters. The first kappa shape index (κ1) is 17.9. The van der Waals surface area contributed by atoms with Crippen LogP contribution in [-0.4, -0.2) is 40.4 Å². The molecule has 0 saturated heterocycles. The first-order valence-electron chi connectivity index (χ1n) is 8.65. The van der Waals surface area contributed by atoms with Crippen molar-refractivity contribution in [2.45, 2.75) is 33.6 Å². The van der Waals surface area contributed by atoms with E-state index >= 15 is 0 Å². The molecule has 2 rings (SSSR count). The summed E-state index contributed by atoms with van der Waals surface area (Å²) < 4.78 is 0. The Kier molecular flexibility index (Phi) is 6.73. The molecule has 1 aromatic heterocycles. The molecule has 0 radical (unpaired) electrons. The van der Waals surface area contributed by atoms with Gasteiger partial charge < -0.3 is 9.80 Å². The van der Waals surface area contributed by atoms with E-state index in [1.807, 2.05) is 40.1 Å². The van der Waals surface area contributed by atoms with Crippen LogP contribution in [0, 0.1) is 0 Å². The summed E-state index contributed by atoms with van der Waals surface area (Å²) in [6.45, 7) is 8.50. The van der Waals surface area contributed by atoms with Gasteiger partial charge in [-0.15, -0.1) is 0 Å².